The molecule has 1 saturated heterocycles. The Bertz CT molecular complexity index is 953. The van der Waals surface area contributed by atoms with Crippen molar-refractivity contribution in [2.75, 3.05) is 27.2 Å². The molecule has 1 aliphatic heterocycles. The van der Waals surface area contributed by atoms with Crippen LogP contribution >= 0.6 is 0 Å². The molecular formula is C28H37N3O2. The van der Waals surface area contributed by atoms with Crippen molar-refractivity contribution in [2.24, 2.45) is 11.3 Å². The van der Waals surface area contributed by atoms with E-state index in [-0.39, 0.29) is 11.8 Å². The Morgan fingerprint density at radius 3 is 2.61 bits per heavy atom. The highest BCUT2D eigenvalue weighted by Crippen LogP contribution is 2.38. The van der Waals surface area contributed by atoms with E-state index in [0.717, 1.165) is 42.5 Å². The molecule has 1 aliphatic carbocycles. The Morgan fingerprint density at radius 2 is 1.88 bits per heavy atom. The molecule has 2 aromatic rings. The molecule has 2 heterocycles. The van der Waals surface area contributed by atoms with Crippen molar-refractivity contribution >= 4 is 11.8 Å². The van der Waals surface area contributed by atoms with Gasteiger partial charge in [0.05, 0.1) is 5.41 Å². The molecule has 1 aromatic carbocycles. The van der Waals surface area contributed by atoms with E-state index in [2.05, 4.69) is 23.2 Å². The fourth-order valence-electron chi connectivity index (χ4n) is 5.84. The first-order valence-electron chi connectivity index (χ1n) is 12.5. The highest BCUT2D eigenvalue weighted by atomic mass is 16.2. The van der Waals surface area contributed by atoms with Crippen LogP contribution in [0.1, 0.15) is 56.9 Å². The smallest absolute Gasteiger partial charge is 0.230 e. The number of amides is 2. The molecule has 1 unspecified atom stereocenters. The fourth-order valence-corrected chi connectivity index (χ4v) is 5.84. The van der Waals surface area contributed by atoms with Crippen molar-refractivity contribution in [3.05, 3.63) is 54.4 Å². The standard InChI is InChI=1S/C28H37N3O2/c1-30(2)27(33)28(19-23-11-5-6-13-25(23)24-12-7-17-29-20-24)16-8-18-31(21-28)26(32)15-14-22-9-3-4-10-22/h5-7,11-13,17,20,22H,3-4,8-10,14-16,18-19,21H2,1-2H3. The van der Waals surface area contributed by atoms with Gasteiger partial charge in [-0.25, -0.2) is 0 Å². The quantitative estimate of drug-likeness (QED) is 0.603. The zero-order chi connectivity index (χ0) is 23.3. The molecule has 33 heavy (non-hydrogen) atoms. The number of nitrogens with zero attached hydrogens (tertiary/aromatic N) is 3. The van der Waals surface area contributed by atoms with Crippen molar-refractivity contribution in [3.8, 4) is 11.1 Å². The number of pyridine rings is 1. The van der Waals surface area contributed by atoms with Crippen molar-refractivity contribution in [3.63, 3.8) is 0 Å². The molecule has 5 nitrogen and oxygen atoms in total. The lowest BCUT2D eigenvalue weighted by Gasteiger charge is -2.43. The first-order chi connectivity index (χ1) is 16.0. The summed E-state index contributed by atoms with van der Waals surface area (Å²) in [5.41, 5.74) is 2.71. The lowest BCUT2D eigenvalue weighted by molar-refractivity contribution is -0.147. The third kappa shape index (κ3) is 5.45. The molecule has 2 amide bonds. The number of aromatic nitrogens is 1. The Kier molecular flexibility index (Phi) is 7.46. The summed E-state index contributed by atoms with van der Waals surface area (Å²) in [4.78, 5) is 34.7. The van der Waals surface area contributed by atoms with Crippen LogP contribution in [-0.2, 0) is 16.0 Å². The minimum atomic E-state index is -0.594. The summed E-state index contributed by atoms with van der Waals surface area (Å²) < 4.78 is 0. The average molecular weight is 448 g/mol. The van der Waals surface area contributed by atoms with Gasteiger partial charge in [-0.05, 0) is 48.8 Å². The third-order valence-corrected chi connectivity index (χ3v) is 7.55. The number of rotatable bonds is 7. The summed E-state index contributed by atoms with van der Waals surface area (Å²) in [5.74, 6) is 1.05. The molecule has 4 rings (SSSR count). The highest BCUT2D eigenvalue weighted by molar-refractivity contribution is 5.85. The molecule has 5 heteroatoms. The number of piperidine rings is 1. The SMILES string of the molecule is CN(C)C(=O)C1(Cc2ccccc2-c2cccnc2)CCCN(C(=O)CCC2CCCC2)C1. The lowest BCUT2D eigenvalue weighted by atomic mass is 9.72. The van der Waals surface area contributed by atoms with E-state index in [1.165, 1.54) is 25.7 Å². The Labute approximate surface area is 198 Å². The molecule has 2 aliphatic rings. The maximum atomic E-state index is 13.6. The first-order valence-corrected chi connectivity index (χ1v) is 12.5. The monoisotopic (exact) mass is 447 g/mol. The predicted octanol–water partition coefficient (Wildman–Crippen LogP) is 4.96. The maximum absolute atomic E-state index is 13.6. The zero-order valence-electron chi connectivity index (χ0n) is 20.1. The molecule has 176 valence electrons. The summed E-state index contributed by atoms with van der Waals surface area (Å²) in [5, 5.41) is 0. The number of hydrogen-bond donors (Lipinski definition) is 0. The van der Waals surface area contributed by atoms with Gasteiger partial charge in [-0.2, -0.15) is 0 Å². The summed E-state index contributed by atoms with van der Waals surface area (Å²) >= 11 is 0. The zero-order valence-corrected chi connectivity index (χ0v) is 20.1. The van der Waals surface area contributed by atoms with Gasteiger partial charge in [0, 0.05) is 51.6 Å². The topological polar surface area (TPSA) is 53.5 Å². The van der Waals surface area contributed by atoms with E-state index < -0.39 is 5.41 Å². The summed E-state index contributed by atoms with van der Waals surface area (Å²) in [7, 11) is 3.66. The minimum absolute atomic E-state index is 0.122. The second-order valence-corrected chi connectivity index (χ2v) is 10.2. The second-order valence-electron chi connectivity index (χ2n) is 10.2. The van der Waals surface area contributed by atoms with Crippen molar-refractivity contribution in [2.45, 2.75) is 57.8 Å². The van der Waals surface area contributed by atoms with Crippen LogP contribution in [0, 0.1) is 11.3 Å². The van der Waals surface area contributed by atoms with Gasteiger partial charge in [0.2, 0.25) is 11.8 Å². The maximum Gasteiger partial charge on any atom is 0.230 e. The first kappa shape index (κ1) is 23.5. The molecule has 1 saturated carbocycles. The summed E-state index contributed by atoms with van der Waals surface area (Å²) in [6, 6.07) is 12.3. The van der Waals surface area contributed by atoms with Crippen LogP contribution in [0.2, 0.25) is 0 Å². The molecular weight excluding hydrogens is 410 g/mol. The van der Waals surface area contributed by atoms with E-state index in [0.29, 0.717) is 25.3 Å². The van der Waals surface area contributed by atoms with Crippen LogP contribution in [-0.4, -0.2) is 53.8 Å². The molecule has 0 N–H and O–H groups in total. The molecule has 1 aromatic heterocycles. The Hall–Kier alpha value is -2.69. The minimum Gasteiger partial charge on any atom is -0.348 e. The van der Waals surface area contributed by atoms with Gasteiger partial charge in [-0.15, -0.1) is 0 Å². The summed E-state index contributed by atoms with van der Waals surface area (Å²) in [6.45, 7) is 1.27. The third-order valence-electron chi connectivity index (χ3n) is 7.55. The van der Waals surface area contributed by atoms with Crippen molar-refractivity contribution in [1.82, 2.24) is 14.8 Å². The summed E-state index contributed by atoms with van der Waals surface area (Å²) in [6.07, 6.45) is 12.7. The van der Waals surface area contributed by atoms with Gasteiger partial charge in [-0.3, -0.25) is 14.6 Å². The number of likely N-dealkylation sites (tertiary alicyclic amines) is 1. The van der Waals surface area contributed by atoms with E-state index in [1.807, 2.05) is 43.4 Å². The number of carbonyl (C=O) groups excluding carboxylic acids is 2. The van der Waals surface area contributed by atoms with E-state index in [9.17, 15) is 9.59 Å². The van der Waals surface area contributed by atoms with Gasteiger partial charge in [0.1, 0.15) is 0 Å². The number of benzene rings is 1. The molecule has 1 atom stereocenters. The van der Waals surface area contributed by atoms with Gasteiger partial charge >= 0.3 is 0 Å². The van der Waals surface area contributed by atoms with Gasteiger partial charge < -0.3 is 9.80 Å². The largest absolute Gasteiger partial charge is 0.348 e. The molecule has 0 radical (unpaired) electrons. The van der Waals surface area contributed by atoms with Crippen LogP contribution in [0.4, 0.5) is 0 Å². The number of carbonyl (C=O) groups is 2. The molecule has 0 bridgehead atoms. The normalized spacial score (nSPS) is 21.2. The number of hydrogen-bond acceptors (Lipinski definition) is 3. The van der Waals surface area contributed by atoms with Gasteiger partial charge in [0.15, 0.2) is 0 Å². The van der Waals surface area contributed by atoms with E-state index in [4.69, 9.17) is 0 Å². The van der Waals surface area contributed by atoms with Crippen LogP contribution in [0.25, 0.3) is 11.1 Å². The molecule has 2 fully saturated rings. The van der Waals surface area contributed by atoms with E-state index in [1.54, 1.807) is 11.1 Å². The Balaban J connectivity index is 1.57. The predicted molar refractivity (Wildman–Crippen MR) is 132 cm³/mol. The van der Waals surface area contributed by atoms with Gasteiger partial charge in [-0.1, -0.05) is 56.0 Å². The Morgan fingerprint density at radius 1 is 1.09 bits per heavy atom. The van der Waals surface area contributed by atoms with Gasteiger partial charge in [0.25, 0.3) is 0 Å². The molecule has 0 spiro atoms. The van der Waals surface area contributed by atoms with Crippen LogP contribution in [0.5, 0.6) is 0 Å². The second kappa shape index (κ2) is 10.5. The average Bonchev–Trinajstić information content (AvgIpc) is 3.37. The van der Waals surface area contributed by atoms with E-state index >= 15 is 0 Å². The van der Waals surface area contributed by atoms with Crippen LogP contribution in [0.15, 0.2) is 48.8 Å². The van der Waals surface area contributed by atoms with Crippen molar-refractivity contribution < 1.29 is 9.59 Å². The lowest BCUT2D eigenvalue weighted by Crippen LogP contribution is -2.54. The van der Waals surface area contributed by atoms with Crippen LogP contribution in [0.3, 0.4) is 0 Å². The van der Waals surface area contributed by atoms with Crippen molar-refractivity contribution in [1.29, 1.82) is 0 Å². The highest BCUT2D eigenvalue weighted by Gasteiger charge is 2.44. The van der Waals surface area contributed by atoms with Crippen LogP contribution < -0.4 is 0 Å². The fraction of sp³-hybridized carbons (Fsp3) is 0.536.